The van der Waals surface area contributed by atoms with Crippen LogP contribution in [0.2, 0.25) is 0 Å². The SMILES string of the molecule is [C-]#[N+]c1c(C)cc(Nc2cc(C)[nH]n2)nc1NCCOc1ccc(N2CCNCC2)nc1. The summed E-state index contributed by atoms with van der Waals surface area (Å²) in [6, 6.07) is 7.66. The van der Waals surface area contributed by atoms with Crippen molar-refractivity contribution in [2.24, 2.45) is 0 Å². The monoisotopic (exact) mass is 433 g/mol. The van der Waals surface area contributed by atoms with E-state index in [1.54, 1.807) is 6.20 Å². The molecule has 0 atom stereocenters. The Morgan fingerprint density at radius 2 is 2.03 bits per heavy atom. The topological polar surface area (TPSA) is 107 Å². The maximum absolute atomic E-state index is 7.50. The van der Waals surface area contributed by atoms with E-state index in [1.807, 2.05) is 38.1 Å². The standard InChI is InChI=1S/C22H27N9O/c1-15-12-18(27-19-13-16(2)29-30-19)28-22(21(15)23-3)25-8-11-32-17-4-5-20(26-14-17)31-9-6-24-7-10-31/h4-5,12-14,24H,6-11H2,1-2H3,(H3,25,27,28,29,30). The molecule has 10 nitrogen and oxygen atoms in total. The van der Waals surface area contributed by atoms with E-state index in [9.17, 15) is 0 Å². The van der Waals surface area contributed by atoms with Gasteiger partial charge in [0.25, 0.3) is 0 Å². The number of H-pyrrole nitrogens is 1. The molecule has 0 spiro atoms. The van der Waals surface area contributed by atoms with Gasteiger partial charge >= 0.3 is 0 Å². The molecule has 1 fully saturated rings. The maximum Gasteiger partial charge on any atom is 0.231 e. The van der Waals surface area contributed by atoms with Gasteiger partial charge in [-0.1, -0.05) is 0 Å². The fourth-order valence-electron chi connectivity index (χ4n) is 3.48. The zero-order chi connectivity index (χ0) is 22.3. The van der Waals surface area contributed by atoms with Crippen molar-refractivity contribution < 1.29 is 4.74 Å². The number of nitrogens with zero attached hydrogens (tertiary/aromatic N) is 5. The van der Waals surface area contributed by atoms with Crippen LogP contribution in [0, 0.1) is 20.4 Å². The molecule has 0 amide bonds. The van der Waals surface area contributed by atoms with Gasteiger partial charge in [-0.15, -0.1) is 0 Å². The van der Waals surface area contributed by atoms with E-state index < -0.39 is 0 Å². The van der Waals surface area contributed by atoms with Gasteiger partial charge in [0.2, 0.25) is 5.69 Å². The highest BCUT2D eigenvalue weighted by atomic mass is 16.5. The minimum absolute atomic E-state index is 0.420. The van der Waals surface area contributed by atoms with Gasteiger partial charge in [-0.3, -0.25) is 5.10 Å². The summed E-state index contributed by atoms with van der Waals surface area (Å²) in [6.45, 7) is 16.1. The van der Waals surface area contributed by atoms with Crippen molar-refractivity contribution in [2.45, 2.75) is 13.8 Å². The van der Waals surface area contributed by atoms with Gasteiger partial charge < -0.3 is 25.6 Å². The van der Waals surface area contributed by atoms with Gasteiger partial charge in [0.15, 0.2) is 5.82 Å². The lowest BCUT2D eigenvalue weighted by Gasteiger charge is -2.28. The zero-order valence-electron chi connectivity index (χ0n) is 18.3. The van der Waals surface area contributed by atoms with Gasteiger partial charge in [-0.25, -0.2) is 14.8 Å². The summed E-state index contributed by atoms with van der Waals surface area (Å²) in [7, 11) is 0. The third-order valence-electron chi connectivity index (χ3n) is 5.08. The van der Waals surface area contributed by atoms with Gasteiger partial charge in [-0.2, -0.15) is 5.10 Å². The molecule has 166 valence electrons. The molecule has 0 bridgehead atoms. The molecule has 4 rings (SSSR count). The molecule has 0 radical (unpaired) electrons. The molecule has 0 aromatic carbocycles. The Balaban J connectivity index is 1.33. The number of hydrogen-bond donors (Lipinski definition) is 4. The Morgan fingerprint density at radius 3 is 2.72 bits per heavy atom. The molecule has 0 saturated carbocycles. The Bertz CT molecular complexity index is 1080. The average molecular weight is 434 g/mol. The van der Waals surface area contributed by atoms with E-state index in [4.69, 9.17) is 11.3 Å². The number of ether oxygens (including phenoxy) is 1. The van der Waals surface area contributed by atoms with Gasteiger partial charge in [0.1, 0.15) is 29.8 Å². The first-order chi connectivity index (χ1) is 15.6. The molecule has 1 aliphatic heterocycles. The molecule has 3 aromatic rings. The quantitative estimate of drug-likeness (QED) is 0.317. The molecule has 0 unspecified atom stereocenters. The smallest absolute Gasteiger partial charge is 0.231 e. The number of hydrogen-bond acceptors (Lipinski definition) is 8. The second-order valence-corrected chi connectivity index (χ2v) is 7.56. The third-order valence-corrected chi connectivity index (χ3v) is 5.08. The van der Waals surface area contributed by atoms with Crippen LogP contribution >= 0.6 is 0 Å². The normalized spacial score (nSPS) is 13.5. The Hall–Kier alpha value is -3.84. The zero-order valence-corrected chi connectivity index (χ0v) is 18.3. The molecular weight excluding hydrogens is 406 g/mol. The molecule has 1 saturated heterocycles. The average Bonchev–Trinajstić information content (AvgIpc) is 3.22. The van der Waals surface area contributed by atoms with Crippen LogP contribution in [0.3, 0.4) is 0 Å². The molecule has 10 heteroatoms. The largest absolute Gasteiger partial charge is 0.490 e. The van der Waals surface area contributed by atoms with Crippen LogP contribution in [0.4, 0.5) is 29.0 Å². The molecule has 4 heterocycles. The first-order valence-corrected chi connectivity index (χ1v) is 10.6. The number of pyridine rings is 2. The van der Waals surface area contributed by atoms with Crippen LogP contribution in [0.25, 0.3) is 4.85 Å². The van der Waals surface area contributed by atoms with Crippen LogP contribution in [0.5, 0.6) is 5.75 Å². The van der Waals surface area contributed by atoms with Gasteiger partial charge in [-0.05, 0) is 37.6 Å². The van der Waals surface area contributed by atoms with Crippen molar-refractivity contribution in [3.63, 3.8) is 0 Å². The second-order valence-electron chi connectivity index (χ2n) is 7.56. The Morgan fingerprint density at radius 1 is 1.19 bits per heavy atom. The minimum atomic E-state index is 0.420. The van der Waals surface area contributed by atoms with Crippen LogP contribution in [0.15, 0.2) is 30.5 Å². The summed E-state index contributed by atoms with van der Waals surface area (Å²) in [5.74, 6) is 3.50. The molecule has 0 aliphatic carbocycles. The van der Waals surface area contributed by atoms with Crippen LogP contribution in [-0.4, -0.2) is 59.5 Å². The fourth-order valence-corrected chi connectivity index (χ4v) is 3.48. The number of anilines is 4. The lowest BCUT2D eigenvalue weighted by molar-refractivity contribution is 0.331. The highest BCUT2D eigenvalue weighted by molar-refractivity contribution is 5.73. The number of aryl methyl sites for hydroxylation is 2. The molecule has 4 N–H and O–H groups in total. The van der Waals surface area contributed by atoms with Crippen molar-refractivity contribution in [2.75, 3.05) is 54.9 Å². The summed E-state index contributed by atoms with van der Waals surface area (Å²) in [4.78, 5) is 14.9. The van der Waals surface area contributed by atoms with E-state index >= 15 is 0 Å². The van der Waals surface area contributed by atoms with E-state index in [0.29, 0.717) is 42.0 Å². The lowest BCUT2D eigenvalue weighted by atomic mass is 10.2. The number of nitrogens with one attached hydrogen (secondary N) is 4. The number of aromatic amines is 1. The van der Waals surface area contributed by atoms with Crippen LogP contribution in [-0.2, 0) is 0 Å². The molecule has 1 aliphatic rings. The Kier molecular flexibility index (Phi) is 6.67. The number of piperazine rings is 1. The van der Waals surface area contributed by atoms with E-state index in [0.717, 1.165) is 43.3 Å². The van der Waals surface area contributed by atoms with Crippen molar-refractivity contribution in [3.8, 4) is 5.75 Å². The van der Waals surface area contributed by atoms with Gasteiger partial charge in [0.05, 0.1) is 12.8 Å². The van der Waals surface area contributed by atoms with Crippen LogP contribution < -0.4 is 25.6 Å². The second kappa shape index (κ2) is 9.98. The molecule has 3 aromatic heterocycles. The van der Waals surface area contributed by atoms with Gasteiger partial charge in [0, 0.05) is 44.5 Å². The van der Waals surface area contributed by atoms with Crippen molar-refractivity contribution in [1.82, 2.24) is 25.5 Å². The highest BCUT2D eigenvalue weighted by Crippen LogP contribution is 2.30. The lowest BCUT2D eigenvalue weighted by Crippen LogP contribution is -2.43. The van der Waals surface area contributed by atoms with E-state index in [1.165, 1.54) is 0 Å². The van der Waals surface area contributed by atoms with Crippen LogP contribution in [0.1, 0.15) is 11.3 Å². The Labute approximate surface area is 187 Å². The predicted octanol–water partition coefficient (Wildman–Crippen LogP) is 3.01. The maximum atomic E-state index is 7.50. The number of rotatable bonds is 8. The van der Waals surface area contributed by atoms with Crippen molar-refractivity contribution in [1.29, 1.82) is 0 Å². The molecule has 32 heavy (non-hydrogen) atoms. The highest BCUT2D eigenvalue weighted by Gasteiger charge is 2.12. The van der Waals surface area contributed by atoms with Crippen molar-refractivity contribution in [3.05, 3.63) is 53.1 Å². The first kappa shape index (κ1) is 21.4. The fraction of sp³-hybridized carbons (Fsp3) is 0.364. The minimum Gasteiger partial charge on any atom is -0.490 e. The summed E-state index contributed by atoms with van der Waals surface area (Å²) in [5.41, 5.74) is 2.28. The first-order valence-electron chi connectivity index (χ1n) is 10.6. The predicted molar refractivity (Wildman–Crippen MR) is 125 cm³/mol. The number of aromatic nitrogens is 4. The van der Waals surface area contributed by atoms with E-state index in [-0.39, 0.29) is 0 Å². The molecular formula is C22H27N9O. The summed E-state index contributed by atoms with van der Waals surface area (Å²) >= 11 is 0. The van der Waals surface area contributed by atoms with E-state index in [2.05, 4.69) is 45.9 Å². The summed E-state index contributed by atoms with van der Waals surface area (Å²) in [5, 5.41) is 16.8. The summed E-state index contributed by atoms with van der Waals surface area (Å²) in [6.07, 6.45) is 1.75. The third kappa shape index (κ3) is 5.25. The van der Waals surface area contributed by atoms with Crippen molar-refractivity contribution >= 4 is 29.0 Å². The summed E-state index contributed by atoms with van der Waals surface area (Å²) < 4.78 is 5.81.